The summed E-state index contributed by atoms with van der Waals surface area (Å²) in [4.78, 5) is 37.9. The summed E-state index contributed by atoms with van der Waals surface area (Å²) in [5.41, 5.74) is 5.81. The highest BCUT2D eigenvalue weighted by Crippen LogP contribution is 2.25. The lowest BCUT2D eigenvalue weighted by Crippen LogP contribution is -2.56. The first-order chi connectivity index (χ1) is 12.5. The van der Waals surface area contributed by atoms with Gasteiger partial charge in [-0.1, -0.05) is 18.2 Å². The van der Waals surface area contributed by atoms with Crippen LogP contribution in [0.4, 0.5) is 4.39 Å². The number of carbonyl (C=O) groups excluding carboxylic acids is 3. The molecule has 2 unspecified atom stereocenters. The van der Waals surface area contributed by atoms with Crippen molar-refractivity contribution in [2.24, 2.45) is 11.7 Å². The molecule has 2 fully saturated rings. The number of primary amides is 1. The van der Waals surface area contributed by atoms with Crippen LogP contribution in [0.25, 0.3) is 0 Å². The monoisotopic (exact) mass is 379 g/mol. The molecule has 0 aromatic heterocycles. The molecular formula is C18H22FN3O3S. The van der Waals surface area contributed by atoms with E-state index in [0.717, 1.165) is 0 Å². The van der Waals surface area contributed by atoms with E-state index < -0.39 is 11.3 Å². The van der Waals surface area contributed by atoms with Crippen molar-refractivity contribution in [2.45, 2.75) is 30.6 Å². The lowest BCUT2D eigenvalue weighted by atomic mass is 9.96. The van der Waals surface area contributed by atoms with E-state index in [1.54, 1.807) is 23.1 Å². The van der Waals surface area contributed by atoms with Gasteiger partial charge < -0.3 is 16.0 Å². The number of carbonyl (C=O) groups is 3. The van der Waals surface area contributed by atoms with Crippen molar-refractivity contribution in [1.82, 2.24) is 10.2 Å². The number of nitrogens with one attached hydrogen (secondary N) is 1. The van der Waals surface area contributed by atoms with Gasteiger partial charge >= 0.3 is 0 Å². The number of hydrogen-bond acceptors (Lipinski definition) is 4. The van der Waals surface area contributed by atoms with Crippen LogP contribution in [-0.4, -0.2) is 52.8 Å². The van der Waals surface area contributed by atoms with Crippen LogP contribution in [0, 0.1) is 11.7 Å². The molecule has 0 radical (unpaired) electrons. The average Bonchev–Trinajstić information content (AvgIpc) is 2.64. The standard InChI is InChI=1S/C18H22FN3O3S/c19-13-4-2-1-3-12(13)9-15-17(24)21-14(10-26-15)18(25)22-7-5-11(6-8-22)16(20)23/h1-4,11,14-15H,5-10H2,(H2,20,23)(H,21,24). The number of rotatable bonds is 4. The second-order valence-corrected chi connectivity index (χ2v) is 7.92. The summed E-state index contributed by atoms with van der Waals surface area (Å²) in [6, 6.07) is 5.83. The van der Waals surface area contributed by atoms with Crippen molar-refractivity contribution >= 4 is 29.5 Å². The number of hydrogen-bond donors (Lipinski definition) is 2. The van der Waals surface area contributed by atoms with Crippen molar-refractivity contribution in [2.75, 3.05) is 18.8 Å². The average molecular weight is 379 g/mol. The minimum Gasteiger partial charge on any atom is -0.369 e. The van der Waals surface area contributed by atoms with E-state index in [1.165, 1.54) is 17.8 Å². The number of benzene rings is 1. The molecule has 2 heterocycles. The second kappa shape index (κ2) is 8.07. The van der Waals surface area contributed by atoms with Crippen molar-refractivity contribution in [3.05, 3.63) is 35.6 Å². The smallest absolute Gasteiger partial charge is 0.246 e. The largest absolute Gasteiger partial charge is 0.369 e. The topological polar surface area (TPSA) is 92.5 Å². The SMILES string of the molecule is NC(=O)C1CCN(C(=O)C2CSC(Cc3ccccc3F)C(=O)N2)CC1. The second-order valence-electron chi connectivity index (χ2n) is 6.68. The number of nitrogens with two attached hydrogens (primary N) is 1. The first kappa shape index (κ1) is 18.7. The van der Waals surface area contributed by atoms with E-state index in [4.69, 9.17) is 5.73 Å². The predicted molar refractivity (Wildman–Crippen MR) is 96.8 cm³/mol. The lowest BCUT2D eigenvalue weighted by Gasteiger charge is -2.35. The molecule has 2 aliphatic heterocycles. The minimum atomic E-state index is -0.575. The molecule has 140 valence electrons. The van der Waals surface area contributed by atoms with Gasteiger partial charge in [0.25, 0.3) is 0 Å². The van der Waals surface area contributed by atoms with Crippen LogP contribution in [-0.2, 0) is 20.8 Å². The highest BCUT2D eigenvalue weighted by Gasteiger charge is 2.36. The first-order valence-electron chi connectivity index (χ1n) is 8.69. The molecule has 3 rings (SSSR count). The van der Waals surface area contributed by atoms with Crippen LogP contribution in [0.5, 0.6) is 0 Å². The number of likely N-dealkylation sites (tertiary alicyclic amines) is 1. The number of halogens is 1. The van der Waals surface area contributed by atoms with Gasteiger partial charge in [-0.15, -0.1) is 11.8 Å². The normalized spacial score (nSPS) is 24.2. The van der Waals surface area contributed by atoms with Crippen LogP contribution >= 0.6 is 11.8 Å². The fraction of sp³-hybridized carbons (Fsp3) is 0.500. The van der Waals surface area contributed by atoms with E-state index in [9.17, 15) is 18.8 Å². The van der Waals surface area contributed by atoms with E-state index in [2.05, 4.69) is 5.32 Å². The van der Waals surface area contributed by atoms with Gasteiger partial charge in [-0.3, -0.25) is 14.4 Å². The number of nitrogens with zero attached hydrogens (tertiary/aromatic N) is 1. The molecule has 1 aromatic carbocycles. The Morgan fingerprint density at radius 1 is 1.27 bits per heavy atom. The maximum absolute atomic E-state index is 13.8. The molecule has 0 bridgehead atoms. The lowest BCUT2D eigenvalue weighted by molar-refractivity contribution is -0.138. The molecule has 3 amide bonds. The van der Waals surface area contributed by atoms with Crippen LogP contribution < -0.4 is 11.1 Å². The van der Waals surface area contributed by atoms with Crippen LogP contribution in [0.3, 0.4) is 0 Å². The van der Waals surface area contributed by atoms with E-state index in [0.29, 0.717) is 43.7 Å². The van der Waals surface area contributed by atoms with Crippen molar-refractivity contribution in [3.63, 3.8) is 0 Å². The molecule has 0 spiro atoms. The van der Waals surface area contributed by atoms with Crippen LogP contribution in [0.1, 0.15) is 18.4 Å². The van der Waals surface area contributed by atoms with Gasteiger partial charge in [0.2, 0.25) is 17.7 Å². The molecule has 1 aromatic rings. The minimum absolute atomic E-state index is 0.127. The summed E-state index contributed by atoms with van der Waals surface area (Å²) in [5.74, 6) is -0.738. The molecule has 2 saturated heterocycles. The summed E-state index contributed by atoms with van der Waals surface area (Å²) in [6.07, 6.45) is 1.42. The summed E-state index contributed by atoms with van der Waals surface area (Å²) in [5, 5.41) is 2.37. The summed E-state index contributed by atoms with van der Waals surface area (Å²) < 4.78 is 13.8. The van der Waals surface area contributed by atoms with Crippen molar-refractivity contribution in [1.29, 1.82) is 0 Å². The molecule has 8 heteroatoms. The Morgan fingerprint density at radius 3 is 2.58 bits per heavy atom. The zero-order valence-electron chi connectivity index (χ0n) is 14.3. The maximum atomic E-state index is 13.8. The third-order valence-corrected chi connectivity index (χ3v) is 6.25. The van der Waals surface area contributed by atoms with Crippen molar-refractivity contribution in [3.8, 4) is 0 Å². The Hall–Kier alpha value is -2.09. The molecule has 26 heavy (non-hydrogen) atoms. The van der Waals surface area contributed by atoms with Gasteiger partial charge in [-0.2, -0.15) is 0 Å². The third kappa shape index (κ3) is 4.17. The Morgan fingerprint density at radius 2 is 1.96 bits per heavy atom. The fourth-order valence-electron chi connectivity index (χ4n) is 3.35. The fourth-order valence-corrected chi connectivity index (χ4v) is 4.51. The quantitative estimate of drug-likeness (QED) is 0.805. The van der Waals surface area contributed by atoms with E-state index in [-0.39, 0.29) is 29.5 Å². The molecular weight excluding hydrogens is 357 g/mol. The van der Waals surface area contributed by atoms with Crippen LogP contribution in [0.2, 0.25) is 0 Å². The molecule has 2 atom stereocenters. The Kier molecular flexibility index (Phi) is 5.80. The van der Waals surface area contributed by atoms with Crippen LogP contribution in [0.15, 0.2) is 24.3 Å². The van der Waals surface area contributed by atoms with Gasteiger partial charge in [-0.25, -0.2) is 4.39 Å². The summed E-state index contributed by atoms with van der Waals surface area (Å²) in [7, 11) is 0. The van der Waals surface area contributed by atoms with Gasteiger partial charge in [0.15, 0.2) is 0 Å². The zero-order valence-corrected chi connectivity index (χ0v) is 15.1. The highest BCUT2D eigenvalue weighted by molar-refractivity contribution is 8.00. The van der Waals surface area contributed by atoms with Gasteiger partial charge in [0.1, 0.15) is 11.9 Å². The van der Waals surface area contributed by atoms with Gasteiger partial charge in [0.05, 0.1) is 5.25 Å². The van der Waals surface area contributed by atoms with Gasteiger partial charge in [-0.05, 0) is 30.9 Å². The Balaban J connectivity index is 1.54. The number of thioether (sulfide) groups is 1. The maximum Gasteiger partial charge on any atom is 0.246 e. The number of piperidine rings is 1. The Bertz CT molecular complexity index is 707. The number of amides is 3. The highest BCUT2D eigenvalue weighted by atomic mass is 32.2. The molecule has 3 N–H and O–H groups in total. The molecule has 0 saturated carbocycles. The zero-order chi connectivity index (χ0) is 18.7. The molecule has 6 nitrogen and oxygen atoms in total. The molecule has 2 aliphatic rings. The summed E-state index contributed by atoms with van der Waals surface area (Å²) in [6.45, 7) is 0.949. The third-order valence-electron chi connectivity index (χ3n) is 4.94. The van der Waals surface area contributed by atoms with E-state index in [1.807, 2.05) is 0 Å². The van der Waals surface area contributed by atoms with Crippen molar-refractivity contribution < 1.29 is 18.8 Å². The van der Waals surface area contributed by atoms with Gasteiger partial charge in [0, 0.05) is 24.8 Å². The molecule has 0 aliphatic carbocycles. The summed E-state index contributed by atoms with van der Waals surface area (Å²) >= 11 is 1.38. The van der Waals surface area contributed by atoms with E-state index >= 15 is 0 Å². The first-order valence-corrected chi connectivity index (χ1v) is 9.74. The Labute approximate surface area is 155 Å². The predicted octanol–water partition coefficient (Wildman–Crippen LogP) is 0.692.